The zero-order chi connectivity index (χ0) is 16.1. The topological polar surface area (TPSA) is 107 Å². The summed E-state index contributed by atoms with van der Waals surface area (Å²) in [5, 5.41) is 12.5. The molecule has 0 spiro atoms. The lowest BCUT2D eigenvalue weighted by Crippen LogP contribution is -2.20. The van der Waals surface area contributed by atoms with Gasteiger partial charge in [-0.2, -0.15) is 5.26 Å². The van der Waals surface area contributed by atoms with Gasteiger partial charge >= 0.3 is 5.76 Å². The molecule has 2 heterocycles. The van der Waals surface area contributed by atoms with Crippen LogP contribution in [-0.2, 0) is 6.54 Å². The number of aromatic nitrogens is 4. The predicted octanol–water partition coefficient (Wildman–Crippen LogP) is 1.24. The minimum Gasteiger partial charge on any atom is -0.492 e. The summed E-state index contributed by atoms with van der Waals surface area (Å²) in [6.07, 6.45) is 3.10. The minimum absolute atomic E-state index is 0.204. The first kappa shape index (κ1) is 14.5. The molecule has 8 heteroatoms. The van der Waals surface area contributed by atoms with E-state index in [0.29, 0.717) is 17.1 Å². The molecule has 0 aliphatic carbocycles. The Kier molecular flexibility index (Phi) is 4.11. The Bertz CT molecular complexity index is 895. The molecule has 0 unspecified atom stereocenters. The number of hydrogen-bond acceptors (Lipinski definition) is 7. The highest BCUT2D eigenvalue weighted by Gasteiger charge is 2.14. The highest BCUT2D eigenvalue weighted by atomic mass is 16.5. The molecule has 23 heavy (non-hydrogen) atoms. The zero-order valence-electron chi connectivity index (χ0n) is 11.9. The number of benzene rings is 1. The second kappa shape index (κ2) is 6.53. The van der Waals surface area contributed by atoms with Crippen LogP contribution < -0.4 is 10.5 Å². The smallest absolute Gasteiger partial charge is 0.442 e. The maximum absolute atomic E-state index is 11.7. The first-order valence-corrected chi connectivity index (χ1v) is 6.75. The SMILES string of the molecule is N#Cc1cccc(OCCn2c(-c3ncccn3)noc2=O)c1. The fraction of sp³-hybridized carbons (Fsp3) is 0.133. The van der Waals surface area contributed by atoms with E-state index in [-0.39, 0.29) is 19.0 Å². The Morgan fingerprint density at radius 1 is 1.26 bits per heavy atom. The van der Waals surface area contributed by atoms with Crippen LogP contribution in [0.5, 0.6) is 5.75 Å². The van der Waals surface area contributed by atoms with Gasteiger partial charge in [-0.3, -0.25) is 9.09 Å². The van der Waals surface area contributed by atoms with Gasteiger partial charge in [-0.15, -0.1) is 0 Å². The van der Waals surface area contributed by atoms with Gasteiger partial charge in [0.1, 0.15) is 12.4 Å². The average Bonchev–Trinajstić information content (AvgIpc) is 2.97. The van der Waals surface area contributed by atoms with Crippen molar-refractivity contribution in [3.63, 3.8) is 0 Å². The van der Waals surface area contributed by atoms with Crippen molar-refractivity contribution in [3.8, 4) is 23.5 Å². The van der Waals surface area contributed by atoms with E-state index in [1.54, 1.807) is 42.7 Å². The summed E-state index contributed by atoms with van der Waals surface area (Å²) in [5.41, 5.74) is 0.503. The summed E-state index contributed by atoms with van der Waals surface area (Å²) in [4.78, 5) is 19.8. The Labute approximate surface area is 130 Å². The first-order valence-electron chi connectivity index (χ1n) is 6.75. The Balaban J connectivity index is 1.73. The Hall–Kier alpha value is -3.47. The van der Waals surface area contributed by atoms with Gasteiger partial charge in [0.2, 0.25) is 5.82 Å². The largest absolute Gasteiger partial charge is 0.492 e. The average molecular weight is 309 g/mol. The molecule has 0 saturated carbocycles. The predicted molar refractivity (Wildman–Crippen MR) is 78.4 cm³/mol. The second-order valence-electron chi connectivity index (χ2n) is 4.48. The standard InChI is InChI=1S/C15H11N5O3/c16-10-11-3-1-4-12(9-11)22-8-7-20-14(19-23-15(20)21)13-17-5-2-6-18-13/h1-6,9H,7-8H2. The van der Waals surface area contributed by atoms with Crippen LogP contribution in [0.4, 0.5) is 0 Å². The Morgan fingerprint density at radius 3 is 2.87 bits per heavy atom. The maximum Gasteiger partial charge on any atom is 0.442 e. The van der Waals surface area contributed by atoms with Crippen molar-refractivity contribution in [3.05, 3.63) is 58.8 Å². The highest BCUT2D eigenvalue weighted by molar-refractivity contribution is 5.41. The molecule has 0 atom stereocenters. The molecular formula is C15H11N5O3. The van der Waals surface area contributed by atoms with E-state index >= 15 is 0 Å². The molecule has 1 aromatic carbocycles. The number of rotatable bonds is 5. The highest BCUT2D eigenvalue weighted by Crippen LogP contribution is 2.13. The molecule has 0 bridgehead atoms. The van der Waals surface area contributed by atoms with Crippen LogP contribution in [-0.4, -0.2) is 26.3 Å². The third-order valence-corrected chi connectivity index (χ3v) is 3.00. The van der Waals surface area contributed by atoms with Crippen molar-refractivity contribution in [2.24, 2.45) is 0 Å². The lowest BCUT2D eigenvalue weighted by Gasteiger charge is -2.07. The fourth-order valence-electron chi connectivity index (χ4n) is 1.95. The minimum atomic E-state index is -0.609. The number of ether oxygens (including phenoxy) is 1. The van der Waals surface area contributed by atoms with Crippen LogP contribution in [0.3, 0.4) is 0 Å². The summed E-state index contributed by atoms with van der Waals surface area (Å²) < 4.78 is 11.5. The van der Waals surface area contributed by atoms with Crippen LogP contribution in [0, 0.1) is 11.3 Å². The Morgan fingerprint density at radius 2 is 2.09 bits per heavy atom. The normalized spacial score (nSPS) is 10.2. The second-order valence-corrected chi connectivity index (χ2v) is 4.48. The van der Waals surface area contributed by atoms with E-state index < -0.39 is 5.76 Å². The van der Waals surface area contributed by atoms with Crippen molar-refractivity contribution < 1.29 is 9.26 Å². The van der Waals surface area contributed by atoms with E-state index in [1.165, 1.54) is 4.57 Å². The van der Waals surface area contributed by atoms with Gasteiger partial charge in [0.05, 0.1) is 18.2 Å². The molecule has 3 aromatic rings. The van der Waals surface area contributed by atoms with Gasteiger partial charge in [-0.1, -0.05) is 11.2 Å². The van der Waals surface area contributed by atoms with E-state index in [4.69, 9.17) is 10.00 Å². The number of hydrogen-bond donors (Lipinski definition) is 0. The maximum atomic E-state index is 11.7. The van der Waals surface area contributed by atoms with Gasteiger partial charge in [-0.25, -0.2) is 14.8 Å². The molecule has 0 N–H and O–H groups in total. The van der Waals surface area contributed by atoms with Crippen LogP contribution in [0.1, 0.15) is 5.56 Å². The van der Waals surface area contributed by atoms with Crippen LogP contribution in [0.2, 0.25) is 0 Å². The molecule has 3 rings (SSSR count). The van der Waals surface area contributed by atoms with Gasteiger partial charge in [0.25, 0.3) is 0 Å². The van der Waals surface area contributed by atoms with Crippen molar-refractivity contribution in [1.29, 1.82) is 5.26 Å². The van der Waals surface area contributed by atoms with E-state index in [2.05, 4.69) is 19.6 Å². The summed E-state index contributed by atoms with van der Waals surface area (Å²) in [7, 11) is 0. The third kappa shape index (κ3) is 3.24. The van der Waals surface area contributed by atoms with Gasteiger partial charge in [-0.05, 0) is 24.3 Å². The molecule has 0 amide bonds. The van der Waals surface area contributed by atoms with Crippen LogP contribution in [0.25, 0.3) is 11.6 Å². The molecule has 0 fully saturated rings. The van der Waals surface area contributed by atoms with E-state index in [1.807, 2.05) is 6.07 Å². The van der Waals surface area contributed by atoms with Crippen LogP contribution >= 0.6 is 0 Å². The monoisotopic (exact) mass is 309 g/mol. The molecule has 0 saturated heterocycles. The van der Waals surface area contributed by atoms with Gasteiger partial charge < -0.3 is 4.74 Å². The summed E-state index contributed by atoms with van der Waals surface area (Å²) in [6.45, 7) is 0.419. The molecule has 114 valence electrons. The lowest BCUT2D eigenvalue weighted by atomic mass is 10.2. The zero-order valence-corrected chi connectivity index (χ0v) is 11.9. The molecule has 0 aliphatic rings. The molecule has 0 radical (unpaired) electrons. The fourth-order valence-corrected chi connectivity index (χ4v) is 1.95. The summed E-state index contributed by atoms with van der Waals surface area (Å²) >= 11 is 0. The molecule has 2 aromatic heterocycles. The summed E-state index contributed by atoms with van der Waals surface area (Å²) in [6, 6.07) is 10.5. The number of nitrogens with zero attached hydrogens (tertiary/aromatic N) is 5. The van der Waals surface area contributed by atoms with Gasteiger partial charge in [0, 0.05) is 12.4 Å². The first-order chi connectivity index (χ1) is 11.3. The van der Waals surface area contributed by atoms with Crippen molar-refractivity contribution in [1.82, 2.24) is 19.7 Å². The molecular weight excluding hydrogens is 298 g/mol. The molecule has 8 nitrogen and oxygen atoms in total. The van der Waals surface area contributed by atoms with Gasteiger partial charge in [0.15, 0.2) is 5.82 Å². The van der Waals surface area contributed by atoms with Crippen molar-refractivity contribution in [2.75, 3.05) is 6.61 Å². The number of nitriles is 1. The van der Waals surface area contributed by atoms with Crippen molar-refractivity contribution in [2.45, 2.75) is 6.54 Å². The van der Waals surface area contributed by atoms with Crippen molar-refractivity contribution >= 4 is 0 Å². The van der Waals surface area contributed by atoms with Crippen LogP contribution in [0.15, 0.2) is 52.0 Å². The third-order valence-electron chi connectivity index (χ3n) is 3.00. The van der Waals surface area contributed by atoms with E-state index in [9.17, 15) is 4.79 Å². The lowest BCUT2D eigenvalue weighted by molar-refractivity contribution is 0.290. The summed E-state index contributed by atoms with van der Waals surface area (Å²) in [5.74, 6) is 0.475. The molecule has 0 aliphatic heterocycles. The van der Waals surface area contributed by atoms with E-state index in [0.717, 1.165) is 0 Å². The quantitative estimate of drug-likeness (QED) is 0.697.